The fourth-order valence-corrected chi connectivity index (χ4v) is 5.80. The molecule has 0 aliphatic carbocycles. The maximum atomic E-state index is 13.5. The molecule has 0 saturated heterocycles. The second-order valence-electron chi connectivity index (χ2n) is 8.14. The van der Waals surface area contributed by atoms with Crippen molar-refractivity contribution in [2.75, 3.05) is 25.1 Å². The number of fused-ring (bicyclic) bond motifs is 1. The van der Waals surface area contributed by atoms with E-state index in [0.29, 0.717) is 23.7 Å². The first kappa shape index (κ1) is 23.6. The summed E-state index contributed by atoms with van der Waals surface area (Å²) < 4.78 is 39.1. The topological polar surface area (TPSA) is 84.9 Å². The Kier molecular flexibility index (Phi) is 6.79. The molecule has 1 unspecified atom stereocenters. The van der Waals surface area contributed by atoms with E-state index in [2.05, 4.69) is 5.32 Å². The summed E-state index contributed by atoms with van der Waals surface area (Å²) in [5.74, 6) is 0.883. The molecule has 0 saturated carbocycles. The van der Waals surface area contributed by atoms with Crippen molar-refractivity contribution >= 4 is 21.6 Å². The van der Waals surface area contributed by atoms with Crippen molar-refractivity contribution in [1.82, 2.24) is 5.32 Å². The van der Waals surface area contributed by atoms with Gasteiger partial charge in [0.2, 0.25) is 0 Å². The van der Waals surface area contributed by atoms with Crippen LogP contribution >= 0.6 is 0 Å². The zero-order chi connectivity index (χ0) is 24.3. The SMILES string of the molecule is COc1ccc(OC)c(C(C)NC(=O)c2cccc(S(=O)(=O)N3CCCc4ccccc43)c2)c1. The van der Waals surface area contributed by atoms with Crippen LogP contribution < -0.4 is 19.1 Å². The van der Waals surface area contributed by atoms with E-state index in [4.69, 9.17) is 9.47 Å². The lowest BCUT2D eigenvalue weighted by Crippen LogP contribution is -2.35. The fourth-order valence-electron chi connectivity index (χ4n) is 4.21. The third-order valence-electron chi connectivity index (χ3n) is 6.00. The maximum absolute atomic E-state index is 13.5. The van der Waals surface area contributed by atoms with Gasteiger partial charge in [0.15, 0.2) is 0 Å². The quantitative estimate of drug-likeness (QED) is 0.544. The molecule has 0 spiro atoms. The molecule has 1 heterocycles. The van der Waals surface area contributed by atoms with E-state index in [1.165, 1.54) is 16.4 Å². The summed E-state index contributed by atoms with van der Waals surface area (Å²) in [6.07, 6.45) is 1.59. The number of hydrogen-bond donors (Lipinski definition) is 1. The van der Waals surface area contributed by atoms with Crippen molar-refractivity contribution in [2.24, 2.45) is 0 Å². The summed E-state index contributed by atoms with van der Waals surface area (Å²) in [5, 5.41) is 2.93. The van der Waals surface area contributed by atoms with E-state index in [1.807, 2.05) is 31.2 Å². The third kappa shape index (κ3) is 4.59. The van der Waals surface area contributed by atoms with Crippen LogP contribution in [-0.2, 0) is 16.4 Å². The fraction of sp³-hybridized carbons (Fsp3) is 0.269. The molecule has 7 nitrogen and oxygen atoms in total. The Morgan fingerprint density at radius 2 is 1.79 bits per heavy atom. The number of nitrogens with zero attached hydrogens (tertiary/aromatic N) is 1. The van der Waals surface area contributed by atoms with Crippen molar-refractivity contribution in [1.29, 1.82) is 0 Å². The predicted molar refractivity (Wildman–Crippen MR) is 131 cm³/mol. The van der Waals surface area contributed by atoms with Crippen LogP contribution in [0.2, 0.25) is 0 Å². The number of aryl methyl sites for hydroxylation is 1. The van der Waals surface area contributed by atoms with Gasteiger partial charge >= 0.3 is 0 Å². The second kappa shape index (κ2) is 9.77. The van der Waals surface area contributed by atoms with Gasteiger partial charge in [-0.3, -0.25) is 9.10 Å². The summed E-state index contributed by atoms with van der Waals surface area (Å²) in [6.45, 7) is 2.24. The molecule has 0 bridgehead atoms. The van der Waals surface area contributed by atoms with Crippen molar-refractivity contribution in [3.8, 4) is 11.5 Å². The van der Waals surface area contributed by atoms with Gasteiger partial charge in [0.1, 0.15) is 11.5 Å². The lowest BCUT2D eigenvalue weighted by molar-refractivity contribution is 0.0939. The normalized spacial score (nSPS) is 14.1. The minimum atomic E-state index is -3.81. The van der Waals surface area contributed by atoms with Gasteiger partial charge in [0, 0.05) is 17.7 Å². The van der Waals surface area contributed by atoms with Gasteiger partial charge in [0.25, 0.3) is 15.9 Å². The summed E-state index contributed by atoms with van der Waals surface area (Å²) in [7, 11) is -0.682. The van der Waals surface area contributed by atoms with Crippen LogP contribution in [0.5, 0.6) is 11.5 Å². The van der Waals surface area contributed by atoms with E-state index in [9.17, 15) is 13.2 Å². The minimum Gasteiger partial charge on any atom is -0.497 e. The van der Waals surface area contributed by atoms with E-state index in [1.54, 1.807) is 44.6 Å². The molecule has 8 heteroatoms. The summed E-state index contributed by atoms with van der Waals surface area (Å²) in [6, 6.07) is 18.6. The van der Waals surface area contributed by atoms with Crippen molar-refractivity contribution in [3.05, 3.63) is 83.4 Å². The standard InChI is InChI=1S/C26H28N2O5S/c1-18(23-17-21(32-2)13-14-25(23)33-3)27-26(29)20-9-6-11-22(16-20)34(30,31)28-15-7-10-19-8-4-5-12-24(19)28/h4-6,8-9,11-14,16-18H,7,10,15H2,1-3H3,(H,27,29). The number of rotatable bonds is 7. The number of nitrogens with one attached hydrogen (secondary N) is 1. The Bertz CT molecular complexity index is 1310. The predicted octanol–water partition coefficient (Wildman–Crippen LogP) is 4.34. The number of hydrogen-bond acceptors (Lipinski definition) is 5. The Morgan fingerprint density at radius 1 is 1.00 bits per heavy atom. The minimum absolute atomic E-state index is 0.0865. The molecule has 3 aromatic rings. The lowest BCUT2D eigenvalue weighted by Gasteiger charge is -2.30. The van der Waals surface area contributed by atoms with Crippen molar-refractivity contribution < 1.29 is 22.7 Å². The zero-order valence-electron chi connectivity index (χ0n) is 19.4. The van der Waals surface area contributed by atoms with Gasteiger partial charge in [0.05, 0.1) is 30.8 Å². The maximum Gasteiger partial charge on any atom is 0.264 e. The highest BCUT2D eigenvalue weighted by Crippen LogP contribution is 2.32. The Labute approximate surface area is 200 Å². The molecule has 1 aliphatic heterocycles. The van der Waals surface area contributed by atoms with Gasteiger partial charge in [-0.05, 0) is 67.8 Å². The number of amides is 1. The molecule has 1 amide bonds. The molecule has 0 fully saturated rings. The number of sulfonamides is 1. The average Bonchev–Trinajstić information content (AvgIpc) is 2.87. The van der Waals surface area contributed by atoms with Crippen LogP contribution in [0.1, 0.15) is 40.9 Å². The molecular weight excluding hydrogens is 452 g/mol. The van der Waals surface area contributed by atoms with Crippen LogP contribution in [0.3, 0.4) is 0 Å². The lowest BCUT2D eigenvalue weighted by atomic mass is 10.0. The first-order chi connectivity index (χ1) is 16.3. The Balaban J connectivity index is 1.59. The highest BCUT2D eigenvalue weighted by Gasteiger charge is 2.29. The second-order valence-corrected chi connectivity index (χ2v) is 10.0. The monoisotopic (exact) mass is 480 g/mol. The molecule has 0 radical (unpaired) electrons. The molecule has 4 rings (SSSR count). The van der Waals surface area contributed by atoms with E-state index < -0.39 is 16.1 Å². The highest BCUT2D eigenvalue weighted by molar-refractivity contribution is 7.92. The number of anilines is 1. The van der Waals surface area contributed by atoms with Crippen LogP contribution in [-0.4, -0.2) is 35.1 Å². The molecule has 1 aliphatic rings. The average molecular weight is 481 g/mol. The number of benzene rings is 3. The van der Waals surface area contributed by atoms with Crippen LogP contribution in [0, 0.1) is 0 Å². The number of methoxy groups -OCH3 is 2. The van der Waals surface area contributed by atoms with E-state index >= 15 is 0 Å². The van der Waals surface area contributed by atoms with Gasteiger partial charge in [-0.1, -0.05) is 24.3 Å². The number of carbonyl (C=O) groups excluding carboxylic acids is 1. The molecule has 1 N–H and O–H groups in total. The van der Waals surface area contributed by atoms with E-state index in [0.717, 1.165) is 24.0 Å². The number of para-hydroxylation sites is 1. The van der Waals surface area contributed by atoms with E-state index in [-0.39, 0.29) is 16.4 Å². The Morgan fingerprint density at radius 3 is 2.56 bits per heavy atom. The molecule has 178 valence electrons. The van der Waals surface area contributed by atoms with Crippen molar-refractivity contribution in [2.45, 2.75) is 30.7 Å². The Hall–Kier alpha value is -3.52. The summed E-state index contributed by atoms with van der Waals surface area (Å²) in [5.41, 5.74) is 2.72. The molecular formula is C26H28N2O5S. The first-order valence-electron chi connectivity index (χ1n) is 11.1. The summed E-state index contributed by atoms with van der Waals surface area (Å²) in [4.78, 5) is 13.1. The van der Waals surface area contributed by atoms with Gasteiger partial charge < -0.3 is 14.8 Å². The number of carbonyl (C=O) groups is 1. The van der Waals surface area contributed by atoms with Gasteiger partial charge in [-0.15, -0.1) is 0 Å². The largest absolute Gasteiger partial charge is 0.497 e. The highest BCUT2D eigenvalue weighted by atomic mass is 32.2. The zero-order valence-corrected chi connectivity index (χ0v) is 20.3. The van der Waals surface area contributed by atoms with Crippen LogP contribution in [0.4, 0.5) is 5.69 Å². The molecule has 34 heavy (non-hydrogen) atoms. The smallest absolute Gasteiger partial charge is 0.264 e. The molecule has 1 atom stereocenters. The number of ether oxygens (including phenoxy) is 2. The van der Waals surface area contributed by atoms with Gasteiger partial charge in [-0.25, -0.2) is 8.42 Å². The first-order valence-corrected chi connectivity index (χ1v) is 12.5. The van der Waals surface area contributed by atoms with Crippen LogP contribution in [0.15, 0.2) is 71.6 Å². The molecule has 0 aromatic heterocycles. The van der Waals surface area contributed by atoms with Gasteiger partial charge in [-0.2, -0.15) is 0 Å². The third-order valence-corrected chi connectivity index (χ3v) is 7.81. The van der Waals surface area contributed by atoms with Crippen LogP contribution in [0.25, 0.3) is 0 Å². The molecule has 3 aromatic carbocycles. The van der Waals surface area contributed by atoms with Crippen molar-refractivity contribution in [3.63, 3.8) is 0 Å². The summed E-state index contributed by atoms with van der Waals surface area (Å²) >= 11 is 0.